The molecule has 0 atom stereocenters. The van der Waals surface area contributed by atoms with Crippen molar-refractivity contribution in [3.05, 3.63) is 50.4 Å². The fraction of sp³-hybridized carbons (Fsp3) is 0.409. The summed E-state index contributed by atoms with van der Waals surface area (Å²) in [7, 11) is 1.21. The van der Waals surface area contributed by atoms with Gasteiger partial charge in [0.25, 0.3) is 5.91 Å². The summed E-state index contributed by atoms with van der Waals surface area (Å²) in [5.74, 6) is -0.708. The molecule has 1 aromatic heterocycles. The fourth-order valence-electron chi connectivity index (χ4n) is 3.92. The highest BCUT2D eigenvalue weighted by molar-refractivity contribution is 7.17. The van der Waals surface area contributed by atoms with Crippen LogP contribution in [0, 0.1) is 20.8 Å². The lowest BCUT2D eigenvalue weighted by molar-refractivity contribution is -0.115. The van der Waals surface area contributed by atoms with E-state index in [2.05, 4.69) is 27.5 Å². The van der Waals surface area contributed by atoms with Gasteiger partial charge in [-0.2, -0.15) is 0 Å². The molecule has 1 aromatic carbocycles. The molecular formula is C22H26N2O4S. The van der Waals surface area contributed by atoms with Crippen LogP contribution in [0.5, 0.6) is 0 Å². The van der Waals surface area contributed by atoms with E-state index in [1.165, 1.54) is 18.4 Å². The third-order valence-corrected chi connectivity index (χ3v) is 6.44. The number of anilines is 1. The van der Waals surface area contributed by atoms with Crippen LogP contribution in [0.2, 0.25) is 0 Å². The van der Waals surface area contributed by atoms with Crippen molar-refractivity contribution in [1.29, 1.82) is 0 Å². The van der Waals surface area contributed by atoms with Gasteiger partial charge in [0, 0.05) is 4.88 Å². The first-order valence-electron chi connectivity index (χ1n) is 9.70. The van der Waals surface area contributed by atoms with Crippen LogP contribution >= 0.6 is 11.3 Å². The molecule has 154 valence electrons. The second-order valence-corrected chi connectivity index (χ2v) is 8.57. The number of aryl methyl sites for hydroxylation is 4. The van der Waals surface area contributed by atoms with Crippen molar-refractivity contribution in [3.63, 3.8) is 0 Å². The van der Waals surface area contributed by atoms with Gasteiger partial charge in [0.15, 0.2) is 0 Å². The lowest BCUT2D eigenvalue weighted by atomic mass is 9.95. The molecule has 0 unspecified atom stereocenters. The number of hydrogen-bond donors (Lipinski definition) is 2. The van der Waals surface area contributed by atoms with Crippen LogP contribution in [0.4, 0.5) is 9.80 Å². The van der Waals surface area contributed by atoms with Crippen molar-refractivity contribution < 1.29 is 19.1 Å². The average Bonchev–Trinajstić information content (AvgIpc) is 3.02. The third kappa shape index (κ3) is 4.67. The van der Waals surface area contributed by atoms with Crippen molar-refractivity contribution in [1.82, 2.24) is 5.32 Å². The molecule has 2 N–H and O–H groups in total. The van der Waals surface area contributed by atoms with Gasteiger partial charge in [-0.3, -0.25) is 14.9 Å². The van der Waals surface area contributed by atoms with Gasteiger partial charge in [-0.25, -0.2) is 4.79 Å². The van der Waals surface area contributed by atoms with Crippen molar-refractivity contribution in [2.45, 2.75) is 52.9 Å². The van der Waals surface area contributed by atoms with Gasteiger partial charge in [-0.05, 0) is 68.7 Å². The van der Waals surface area contributed by atoms with E-state index in [0.717, 1.165) is 58.4 Å². The molecule has 0 saturated heterocycles. The molecule has 0 saturated carbocycles. The van der Waals surface area contributed by atoms with Gasteiger partial charge >= 0.3 is 6.09 Å². The van der Waals surface area contributed by atoms with Crippen LogP contribution in [-0.4, -0.2) is 25.0 Å². The van der Waals surface area contributed by atoms with E-state index >= 15 is 0 Å². The number of benzene rings is 1. The second-order valence-electron chi connectivity index (χ2n) is 7.46. The number of carbonyl (C=O) groups is 3. The highest BCUT2D eigenvalue weighted by atomic mass is 32.1. The smallest absolute Gasteiger partial charge is 0.413 e. The summed E-state index contributed by atoms with van der Waals surface area (Å²) >= 11 is 1.43. The Morgan fingerprint density at radius 3 is 2.38 bits per heavy atom. The van der Waals surface area contributed by atoms with Crippen LogP contribution in [0.25, 0.3) is 0 Å². The zero-order valence-electron chi connectivity index (χ0n) is 17.2. The Hall–Kier alpha value is -2.67. The molecule has 1 heterocycles. The van der Waals surface area contributed by atoms with Crippen LogP contribution in [0.3, 0.4) is 0 Å². The lowest BCUT2D eigenvalue weighted by Crippen LogP contribution is -2.31. The molecule has 2 aromatic rings. The van der Waals surface area contributed by atoms with Crippen molar-refractivity contribution >= 4 is 34.2 Å². The number of amides is 3. The summed E-state index contributed by atoms with van der Waals surface area (Å²) in [4.78, 5) is 38.1. The quantitative estimate of drug-likeness (QED) is 0.784. The van der Waals surface area contributed by atoms with E-state index in [4.69, 9.17) is 0 Å². The first kappa shape index (κ1) is 21.0. The number of nitrogens with one attached hydrogen (secondary N) is 2. The number of rotatable bonds is 4. The first-order chi connectivity index (χ1) is 13.8. The number of methoxy groups -OCH3 is 1. The zero-order valence-corrected chi connectivity index (χ0v) is 18.0. The van der Waals surface area contributed by atoms with Crippen LogP contribution in [0.15, 0.2) is 12.1 Å². The molecule has 0 spiro atoms. The van der Waals surface area contributed by atoms with Crippen LogP contribution in [-0.2, 0) is 28.8 Å². The molecule has 6 nitrogen and oxygen atoms in total. The van der Waals surface area contributed by atoms with Gasteiger partial charge in [-0.1, -0.05) is 17.7 Å². The number of imide groups is 1. The number of hydrogen-bond acceptors (Lipinski definition) is 5. The second kappa shape index (κ2) is 8.78. The van der Waals surface area contributed by atoms with E-state index in [0.29, 0.717) is 10.6 Å². The Bertz CT molecular complexity index is 954. The fourth-order valence-corrected chi connectivity index (χ4v) is 5.22. The number of carbonyl (C=O) groups excluding carboxylic acids is 3. The number of alkyl carbamates (subject to hydrolysis) is 1. The molecule has 7 heteroatoms. The Morgan fingerprint density at radius 2 is 1.72 bits per heavy atom. The van der Waals surface area contributed by atoms with E-state index in [-0.39, 0.29) is 12.3 Å². The molecule has 3 rings (SSSR count). The number of fused-ring (bicyclic) bond motifs is 1. The average molecular weight is 415 g/mol. The maximum absolute atomic E-state index is 12.8. The van der Waals surface area contributed by atoms with Crippen LogP contribution in [0.1, 0.15) is 55.9 Å². The van der Waals surface area contributed by atoms with E-state index in [9.17, 15) is 14.4 Å². The zero-order chi connectivity index (χ0) is 21.1. The Morgan fingerprint density at radius 1 is 1.07 bits per heavy atom. The van der Waals surface area contributed by atoms with Crippen molar-refractivity contribution in [2.24, 2.45) is 0 Å². The van der Waals surface area contributed by atoms with E-state index in [1.54, 1.807) is 0 Å². The number of thiophene rings is 1. The van der Waals surface area contributed by atoms with Crippen molar-refractivity contribution in [3.8, 4) is 0 Å². The minimum atomic E-state index is -0.811. The van der Waals surface area contributed by atoms with Gasteiger partial charge in [-0.15, -0.1) is 11.3 Å². The molecular weight excluding hydrogens is 388 g/mol. The summed E-state index contributed by atoms with van der Waals surface area (Å²) in [6.45, 7) is 6.04. The Kier molecular flexibility index (Phi) is 6.37. The molecule has 0 fully saturated rings. The first-order valence-corrected chi connectivity index (χ1v) is 10.5. The minimum Gasteiger partial charge on any atom is -0.453 e. The SMILES string of the molecule is COC(=O)NC(=O)c1c(NC(=O)Cc2c(C)cc(C)cc2C)sc2c1CCCC2. The Labute approximate surface area is 174 Å². The summed E-state index contributed by atoms with van der Waals surface area (Å²) < 4.78 is 4.54. The van der Waals surface area contributed by atoms with Gasteiger partial charge in [0.2, 0.25) is 5.91 Å². The summed E-state index contributed by atoms with van der Waals surface area (Å²) in [5, 5.41) is 5.65. The standard InChI is InChI=1S/C22H26N2O4S/c1-12-9-13(2)16(14(3)10-12)11-18(25)23-21-19(20(26)24-22(27)28-4)15-7-5-6-8-17(15)29-21/h9-10H,5-8,11H2,1-4H3,(H,23,25)(H,24,26,27). The highest BCUT2D eigenvalue weighted by Gasteiger charge is 2.27. The van der Waals surface area contributed by atoms with Crippen molar-refractivity contribution in [2.75, 3.05) is 12.4 Å². The largest absolute Gasteiger partial charge is 0.453 e. The van der Waals surface area contributed by atoms with E-state index in [1.807, 2.05) is 20.8 Å². The van der Waals surface area contributed by atoms with E-state index < -0.39 is 12.0 Å². The molecule has 0 bridgehead atoms. The maximum Gasteiger partial charge on any atom is 0.413 e. The van der Waals surface area contributed by atoms with Gasteiger partial charge in [0.1, 0.15) is 5.00 Å². The monoisotopic (exact) mass is 414 g/mol. The molecule has 1 aliphatic rings. The van der Waals surface area contributed by atoms with Crippen LogP contribution < -0.4 is 10.6 Å². The predicted octanol–water partition coefficient (Wildman–Crippen LogP) is 4.23. The summed E-state index contributed by atoms with van der Waals surface area (Å²) in [6, 6.07) is 4.13. The molecule has 0 radical (unpaired) electrons. The highest BCUT2D eigenvalue weighted by Crippen LogP contribution is 2.38. The van der Waals surface area contributed by atoms with Gasteiger partial charge in [0.05, 0.1) is 19.1 Å². The predicted molar refractivity (Wildman–Crippen MR) is 114 cm³/mol. The summed E-state index contributed by atoms with van der Waals surface area (Å²) in [6.07, 6.45) is 3.11. The topological polar surface area (TPSA) is 84.5 Å². The molecule has 3 amide bonds. The third-order valence-electron chi connectivity index (χ3n) is 5.23. The summed E-state index contributed by atoms with van der Waals surface area (Å²) in [5.41, 5.74) is 5.63. The molecule has 1 aliphatic carbocycles. The lowest BCUT2D eigenvalue weighted by Gasteiger charge is -2.13. The minimum absolute atomic E-state index is 0.175. The molecule has 0 aliphatic heterocycles. The maximum atomic E-state index is 12.8. The number of ether oxygens (including phenoxy) is 1. The normalized spacial score (nSPS) is 12.8. The Balaban J connectivity index is 1.87. The molecule has 29 heavy (non-hydrogen) atoms. The van der Waals surface area contributed by atoms with Gasteiger partial charge < -0.3 is 10.1 Å².